The van der Waals surface area contributed by atoms with Gasteiger partial charge >= 0.3 is 12.1 Å². The Morgan fingerprint density at radius 2 is 1.84 bits per heavy atom. The lowest BCUT2D eigenvalue weighted by Crippen LogP contribution is -2.21. The van der Waals surface area contributed by atoms with E-state index in [1.165, 1.54) is 0 Å². The molecule has 1 aliphatic heterocycles. The lowest BCUT2D eigenvalue weighted by Gasteiger charge is -2.13. The van der Waals surface area contributed by atoms with Crippen LogP contribution >= 0.6 is 0 Å². The lowest BCUT2D eigenvalue weighted by atomic mass is 10.2. The Morgan fingerprint density at radius 1 is 1.19 bits per heavy atom. The SMILES string of the molecule is Cc1ncn(-c2ccc(NC(=O)c3cn4c(n3)COCC4)cc2)c1C.O=C(O)C(F)(F)F. The van der Waals surface area contributed by atoms with Gasteiger partial charge in [-0.3, -0.25) is 4.79 Å². The van der Waals surface area contributed by atoms with Crippen molar-refractivity contribution in [2.75, 3.05) is 11.9 Å². The maximum atomic E-state index is 12.4. The normalized spacial score (nSPS) is 13.0. The quantitative estimate of drug-likeness (QED) is 0.633. The van der Waals surface area contributed by atoms with Gasteiger partial charge in [0, 0.05) is 29.8 Å². The highest BCUT2D eigenvalue weighted by Gasteiger charge is 2.38. The molecule has 4 rings (SSSR count). The number of fused-ring (bicyclic) bond motifs is 1. The first kappa shape index (κ1) is 23.0. The maximum Gasteiger partial charge on any atom is 0.490 e. The van der Waals surface area contributed by atoms with Crippen molar-refractivity contribution in [3.05, 3.63) is 59.7 Å². The van der Waals surface area contributed by atoms with Crippen molar-refractivity contribution in [1.29, 1.82) is 0 Å². The number of nitrogens with one attached hydrogen (secondary N) is 1. The molecule has 0 unspecified atom stereocenters. The van der Waals surface area contributed by atoms with E-state index < -0.39 is 12.1 Å². The molecule has 0 fully saturated rings. The van der Waals surface area contributed by atoms with Crippen molar-refractivity contribution >= 4 is 17.6 Å². The van der Waals surface area contributed by atoms with Crippen LogP contribution in [0.5, 0.6) is 0 Å². The van der Waals surface area contributed by atoms with Crippen LogP contribution in [0.25, 0.3) is 5.69 Å². The van der Waals surface area contributed by atoms with Gasteiger partial charge in [0.15, 0.2) is 0 Å². The third kappa shape index (κ3) is 5.32. The number of aromatic nitrogens is 4. The van der Waals surface area contributed by atoms with Crippen molar-refractivity contribution < 1.29 is 32.6 Å². The summed E-state index contributed by atoms with van der Waals surface area (Å²) in [5, 5.41) is 10.0. The van der Waals surface area contributed by atoms with E-state index in [0.29, 0.717) is 18.9 Å². The molecule has 2 aromatic heterocycles. The van der Waals surface area contributed by atoms with Crippen LogP contribution in [0.3, 0.4) is 0 Å². The molecule has 1 amide bonds. The largest absolute Gasteiger partial charge is 0.490 e. The van der Waals surface area contributed by atoms with E-state index in [1.807, 2.05) is 47.2 Å². The molecule has 1 aliphatic rings. The smallest absolute Gasteiger partial charge is 0.475 e. The number of carbonyl (C=O) groups excluding carboxylic acids is 1. The lowest BCUT2D eigenvalue weighted by molar-refractivity contribution is -0.192. The molecule has 0 spiro atoms. The number of anilines is 1. The molecule has 3 heterocycles. The van der Waals surface area contributed by atoms with Gasteiger partial charge in [-0.2, -0.15) is 13.2 Å². The number of nitrogens with zero attached hydrogens (tertiary/aromatic N) is 4. The number of aryl methyl sites for hydroxylation is 1. The van der Waals surface area contributed by atoms with Crippen molar-refractivity contribution in [2.24, 2.45) is 0 Å². The Morgan fingerprint density at radius 3 is 2.38 bits per heavy atom. The molecule has 0 radical (unpaired) electrons. The molecule has 170 valence electrons. The second-order valence-corrected chi connectivity index (χ2v) is 6.88. The number of carboxylic acid groups (broad SMARTS) is 1. The zero-order valence-electron chi connectivity index (χ0n) is 17.2. The number of hydrogen-bond acceptors (Lipinski definition) is 5. The third-order valence-electron chi connectivity index (χ3n) is 4.70. The molecular formula is C20H20F3N5O4. The molecule has 1 aromatic carbocycles. The molecule has 9 nitrogen and oxygen atoms in total. The topological polar surface area (TPSA) is 111 Å². The minimum Gasteiger partial charge on any atom is -0.475 e. The van der Waals surface area contributed by atoms with Crippen LogP contribution in [0.15, 0.2) is 36.8 Å². The molecule has 2 N–H and O–H groups in total. The highest BCUT2D eigenvalue weighted by atomic mass is 19.4. The van der Waals surface area contributed by atoms with Crippen molar-refractivity contribution in [2.45, 2.75) is 33.2 Å². The number of imidazole rings is 2. The number of carboxylic acids is 1. The Labute approximate surface area is 180 Å². The summed E-state index contributed by atoms with van der Waals surface area (Å²) in [5.74, 6) is -2.19. The summed E-state index contributed by atoms with van der Waals surface area (Å²) < 4.78 is 41.1. The van der Waals surface area contributed by atoms with Gasteiger partial charge in [-0.1, -0.05) is 0 Å². The number of aliphatic carboxylic acids is 1. The van der Waals surface area contributed by atoms with Crippen molar-refractivity contribution in [3.8, 4) is 5.69 Å². The van der Waals surface area contributed by atoms with E-state index in [9.17, 15) is 18.0 Å². The maximum absolute atomic E-state index is 12.4. The van der Waals surface area contributed by atoms with Gasteiger partial charge in [-0.15, -0.1) is 0 Å². The highest BCUT2D eigenvalue weighted by Crippen LogP contribution is 2.18. The minimum absolute atomic E-state index is 0.218. The van der Waals surface area contributed by atoms with Gasteiger partial charge in [0.05, 0.1) is 18.6 Å². The molecule has 0 bridgehead atoms. The predicted octanol–water partition coefficient (Wildman–Crippen LogP) is 3.10. The van der Waals surface area contributed by atoms with Crippen LogP contribution in [0.2, 0.25) is 0 Å². The summed E-state index contributed by atoms with van der Waals surface area (Å²) in [7, 11) is 0. The zero-order valence-corrected chi connectivity index (χ0v) is 17.2. The van der Waals surface area contributed by atoms with E-state index in [2.05, 4.69) is 15.3 Å². The van der Waals surface area contributed by atoms with E-state index in [4.69, 9.17) is 14.6 Å². The molecule has 0 atom stereocenters. The molecule has 0 saturated heterocycles. The average Bonchev–Trinajstić information content (AvgIpc) is 3.32. The average molecular weight is 451 g/mol. The van der Waals surface area contributed by atoms with Crippen molar-refractivity contribution in [3.63, 3.8) is 0 Å². The summed E-state index contributed by atoms with van der Waals surface area (Å²) in [6, 6.07) is 7.66. The van der Waals surface area contributed by atoms with Crippen LogP contribution < -0.4 is 5.32 Å². The zero-order chi connectivity index (χ0) is 23.5. The Balaban J connectivity index is 0.000000360. The number of rotatable bonds is 3. The summed E-state index contributed by atoms with van der Waals surface area (Å²) in [6.45, 7) is 5.84. The van der Waals surface area contributed by atoms with Gasteiger partial charge in [0.1, 0.15) is 18.1 Å². The Bertz CT molecular complexity index is 1100. The monoisotopic (exact) mass is 451 g/mol. The number of benzene rings is 1. The fourth-order valence-corrected chi connectivity index (χ4v) is 2.86. The number of ether oxygens (including phenoxy) is 1. The Kier molecular flexibility index (Phi) is 6.63. The number of hydrogen-bond donors (Lipinski definition) is 2. The van der Waals surface area contributed by atoms with Gasteiger partial charge in [-0.05, 0) is 38.1 Å². The molecule has 32 heavy (non-hydrogen) atoms. The highest BCUT2D eigenvalue weighted by molar-refractivity contribution is 6.02. The van der Waals surface area contributed by atoms with Gasteiger partial charge in [0.2, 0.25) is 0 Å². The summed E-state index contributed by atoms with van der Waals surface area (Å²) in [5.41, 5.74) is 4.24. The predicted molar refractivity (Wildman–Crippen MR) is 107 cm³/mol. The van der Waals surface area contributed by atoms with Crippen LogP contribution in [0.1, 0.15) is 27.7 Å². The van der Waals surface area contributed by atoms with Crippen LogP contribution in [0.4, 0.5) is 18.9 Å². The molecular weight excluding hydrogens is 431 g/mol. The molecule has 0 aliphatic carbocycles. The summed E-state index contributed by atoms with van der Waals surface area (Å²) in [4.78, 5) is 29.9. The van der Waals surface area contributed by atoms with E-state index in [1.54, 1.807) is 12.5 Å². The minimum atomic E-state index is -5.08. The van der Waals surface area contributed by atoms with E-state index in [0.717, 1.165) is 35.1 Å². The van der Waals surface area contributed by atoms with E-state index in [-0.39, 0.29) is 5.91 Å². The Hall–Kier alpha value is -3.67. The fourth-order valence-electron chi connectivity index (χ4n) is 2.86. The number of carbonyl (C=O) groups is 2. The van der Waals surface area contributed by atoms with Crippen LogP contribution in [-0.4, -0.2) is 48.9 Å². The molecule has 3 aromatic rings. The molecule has 0 saturated carbocycles. The number of amides is 1. The van der Waals surface area contributed by atoms with Crippen LogP contribution in [0, 0.1) is 13.8 Å². The summed E-state index contributed by atoms with van der Waals surface area (Å²) >= 11 is 0. The van der Waals surface area contributed by atoms with E-state index >= 15 is 0 Å². The second-order valence-electron chi connectivity index (χ2n) is 6.88. The van der Waals surface area contributed by atoms with Gasteiger partial charge in [0.25, 0.3) is 5.91 Å². The van der Waals surface area contributed by atoms with Gasteiger partial charge in [-0.25, -0.2) is 14.8 Å². The number of alkyl halides is 3. The first-order chi connectivity index (χ1) is 15.1. The fraction of sp³-hybridized carbons (Fsp3) is 0.300. The van der Waals surface area contributed by atoms with Gasteiger partial charge < -0.3 is 24.3 Å². The van der Waals surface area contributed by atoms with Crippen LogP contribution in [-0.2, 0) is 22.7 Å². The summed E-state index contributed by atoms with van der Waals surface area (Å²) in [6.07, 6.45) is -1.50. The first-order valence-corrected chi connectivity index (χ1v) is 9.42. The third-order valence-corrected chi connectivity index (χ3v) is 4.70. The second kappa shape index (κ2) is 9.22. The first-order valence-electron chi connectivity index (χ1n) is 9.42. The van der Waals surface area contributed by atoms with Crippen molar-refractivity contribution in [1.82, 2.24) is 19.1 Å². The number of halogens is 3. The molecule has 12 heteroatoms. The standard InChI is InChI=1S/C18H19N5O2.C2HF3O2/c1-12-13(2)23(11-19-12)15-5-3-14(4-6-15)20-18(24)16-9-22-7-8-25-10-17(22)21-16;3-2(4,5)1(6)7/h3-6,9,11H,7-8,10H2,1-2H3,(H,20,24);(H,6,7).